The van der Waals surface area contributed by atoms with E-state index in [1.165, 1.54) is 0 Å². The van der Waals surface area contributed by atoms with Crippen LogP contribution in [-0.2, 0) is 13.2 Å². The first-order chi connectivity index (χ1) is 11.7. The highest BCUT2D eigenvalue weighted by molar-refractivity contribution is 7.09. The van der Waals surface area contributed by atoms with E-state index in [1.807, 2.05) is 23.6 Å². The van der Waals surface area contributed by atoms with E-state index in [2.05, 4.69) is 5.32 Å². The summed E-state index contributed by atoms with van der Waals surface area (Å²) in [4.78, 5) is 13.5. The third-order valence-electron chi connectivity index (χ3n) is 3.42. The molecule has 0 saturated heterocycles. The van der Waals surface area contributed by atoms with Crippen molar-refractivity contribution in [2.75, 3.05) is 5.32 Å². The molecule has 1 heterocycles. The molecule has 2 aromatic carbocycles. The highest BCUT2D eigenvalue weighted by Gasteiger charge is 2.08. The van der Waals surface area contributed by atoms with Gasteiger partial charge < -0.3 is 15.2 Å². The quantitative estimate of drug-likeness (QED) is 0.712. The molecule has 5 heteroatoms. The number of anilines is 1. The molecule has 122 valence electrons. The lowest BCUT2D eigenvalue weighted by Gasteiger charge is -2.09. The highest BCUT2D eigenvalue weighted by atomic mass is 32.1. The maximum absolute atomic E-state index is 12.4. The predicted octanol–water partition coefficient (Wildman–Crippen LogP) is 4.07. The van der Waals surface area contributed by atoms with Crippen molar-refractivity contribution < 1.29 is 14.6 Å². The summed E-state index contributed by atoms with van der Waals surface area (Å²) < 4.78 is 5.73. The summed E-state index contributed by atoms with van der Waals surface area (Å²) >= 11 is 1.63. The van der Waals surface area contributed by atoms with Crippen LogP contribution in [0.5, 0.6) is 5.75 Å². The molecular weight excluding hydrogens is 322 g/mol. The van der Waals surface area contributed by atoms with E-state index in [0.717, 1.165) is 10.4 Å². The Morgan fingerprint density at radius 1 is 1.08 bits per heavy atom. The molecule has 0 saturated carbocycles. The number of rotatable bonds is 6. The second-order valence-electron chi connectivity index (χ2n) is 5.21. The Morgan fingerprint density at radius 3 is 2.75 bits per heavy atom. The smallest absolute Gasteiger partial charge is 0.255 e. The fourth-order valence-electron chi connectivity index (χ4n) is 2.23. The fraction of sp³-hybridized carbons (Fsp3) is 0.105. The Balaban J connectivity index is 1.67. The van der Waals surface area contributed by atoms with Gasteiger partial charge in [-0.25, -0.2) is 0 Å². The van der Waals surface area contributed by atoms with E-state index in [1.54, 1.807) is 53.8 Å². The number of carbonyl (C=O) groups is 1. The Kier molecular flexibility index (Phi) is 5.25. The normalized spacial score (nSPS) is 10.4. The number of thiophene rings is 1. The van der Waals surface area contributed by atoms with Gasteiger partial charge in [-0.1, -0.05) is 24.3 Å². The number of amides is 1. The SMILES string of the molecule is O=C(Nc1cccc(CO)c1)c1cccc(OCc2cccs2)c1. The minimum absolute atomic E-state index is 0.0598. The Hall–Kier alpha value is -2.63. The van der Waals surface area contributed by atoms with Gasteiger partial charge in [0.15, 0.2) is 0 Å². The summed E-state index contributed by atoms with van der Waals surface area (Å²) in [6.07, 6.45) is 0. The summed E-state index contributed by atoms with van der Waals surface area (Å²) in [6, 6.07) is 18.2. The first-order valence-corrected chi connectivity index (χ1v) is 8.39. The first-order valence-electron chi connectivity index (χ1n) is 7.51. The van der Waals surface area contributed by atoms with Crippen molar-refractivity contribution in [1.29, 1.82) is 0 Å². The van der Waals surface area contributed by atoms with E-state index < -0.39 is 0 Å². The number of hydrogen-bond donors (Lipinski definition) is 2. The van der Waals surface area contributed by atoms with Gasteiger partial charge in [-0.2, -0.15) is 0 Å². The number of carbonyl (C=O) groups excluding carboxylic acids is 1. The molecule has 0 aliphatic heterocycles. The monoisotopic (exact) mass is 339 g/mol. The molecule has 0 aliphatic rings. The zero-order chi connectivity index (χ0) is 16.8. The van der Waals surface area contributed by atoms with Gasteiger partial charge in [-0.15, -0.1) is 11.3 Å². The standard InChI is InChI=1S/C19H17NO3S/c21-12-14-4-1-6-16(10-14)20-19(22)15-5-2-7-17(11-15)23-13-18-8-3-9-24-18/h1-11,21H,12-13H2,(H,20,22). The minimum Gasteiger partial charge on any atom is -0.488 e. The molecule has 0 spiro atoms. The zero-order valence-corrected chi connectivity index (χ0v) is 13.8. The molecule has 0 radical (unpaired) electrons. The molecular formula is C19H17NO3S. The fourth-order valence-corrected chi connectivity index (χ4v) is 2.84. The van der Waals surface area contributed by atoms with Crippen LogP contribution in [0, 0.1) is 0 Å². The van der Waals surface area contributed by atoms with Gasteiger partial charge in [-0.05, 0) is 47.3 Å². The van der Waals surface area contributed by atoms with Crippen LogP contribution in [0.1, 0.15) is 20.8 Å². The summed E-state index contributed by atoms with van der Waals surface area (Å²) in [7, 11) is 0. The topological polar surface area (TPSA) is 58.6 Å². The van der Waals surface area contributed by atoms with Gasteiger partial charge in [0.25, 0.3) is 5.91 Å². The van der Waals surface area contributed by atoms with E-state index in [9.17, 15) is 4.79 Å². The first kappa shape index (κ1) is 16.2. The molecule has 0 fully saturated rings. The van der Waals surface area contributed by atoms with E-state index in [4.69, 9.17) is 9.84 Å². The van der Waals surface area contributed by atoms with Gasteiger partial charge in [0.2, 0.25) is 0 Å². The van der Waals surface area contributed by atoms with Gasteiger partial charge in [0.1, 0.15) is 12.4 Å². The molecule has 0 atom stereocenters. The molecule has 0 aliphatic carbocycles. The summed E-state index contributed by atoms with van der Waals surface area (Å²) in [5.74, 6) is 0.437. The molecule has 1 amide bonds. The average molecular weight is 339 g/mol. The van der Waals surface area contributed by atoms with Crippen LogP contribution in [0.3, 0.4) is 0 Å². The molecule has 3 aromatic rings. The van der Waals surface area contributed by atoms with Crippen LogP contribution in [0.2, 0.25) is 0 Å². The van der Waals surface area contributed by atoms with Crippen LogP contribution < -0.4 is 10.1 Å². The maximum Gasteiger partial charge on any atom is 0.255 e. The highest BCUT2D eigenvalue weighted by Crippen LogP contribution is 2.18. The van der Waals surface area contributed by atoms with E-state index in [-0.39, 0.29) is 12.5 Å². The lowest BCUT2D eigenvalue weighted by molar-refractivity contribution is 0.102. The molecule has 2 N–H and O–H groups in total. The van der Waals surface area contributed by atoms with Gasteiger partial charge in [0, 0.05) is 16.1 Å². The Labute approximate surface area is 144 Å². The number of aliphatic hydroxyl groups is 1. The number of ether oxygens (including phenoxy) is 1. The van der Waals surface area contributed by atoms with Crippen LogP contribution >= 0.6 is 11.3 Å². The van der Waals surface area contributed by atoms with Crippen molar-refractivity contribution >= 4 is 22.9 Å². The minimum atomic E-state index is -0.216. The largest absolute Gasteiger partial charge is 0.488 e. The van der Waals surface area contributed by atoms with Crippen LogP contribution in [0.4, 0.5) is 5.69 Å². The number of benzene rings is 2. The number of hydrogen-bond acceptors (Lipinski definition) is 4. The Bertz CT molecular complexity index is 815. The number of aliphatic hydroxyl groups excluding tert-OH is 1. The van der Waals surface area contributed by atoms with Crippen molar-refractivity contribution in [3.05, 3.63) is 82.0 Å². The molecule has 1 aromatic heterocycles. The van der Waals surface area contributed by atoms with Crippen LogP contribution in [0.25, 0.3) is 0 Å². The molecule has 24 heavy (non-hydrogen) atoms. The van der Waals surface area contributed by atoms with Crippen LogP contribution in [-0.4, -0.2) is 11.0 Å². The van der Waals surface area contributed by atoms with Crippen LogP contribution in [0.15, 0.2) is 66.0 Å². The van der Waals surface area contributed by atoms with Crippen molar-refractivity contribution in [1.82, 2.24) is 0 Å². The third kappa shape index (κ3) is 4.22. The van der Waals surface area contributed by atoms with Crippen molar-refractivity contribution in [2.24, 2.45) is 0 Å². The summed E-state index contributed by atoms with van der Waals surface area (Å²) in [6.45, 7) is 0.428. The number of nitrogens with one attached hydrogen (secondary N) is 1. The summed E-state index contributed by atoms with van der Waals surface area (Å²) in [5.41, 5.74) is 1.92. The van der Waals surface area contributed by atoms with Crippen molar-refractivity contribution in [3.8, 4) is 5.75 Å². The van der Waals surface area contributed by atoms with E-state index in [0.29, 0.717) is 23.6 Å². The summed E-state index contributed by atoms with van der Waals surface area (Å²) in [5, 5.41) is 14.0. The van der Waals surface area contributed by atoms with E-state index >= 15 is 0 Å². The lowest BCUT2D eigenvalue weighted by Crippen LogP contribution is -2.12. The van der Waals surface area contributed by atoms with Gasteiger partial charge in [0.05, 0.1) is 6.61 Å². The second-order valence-corrected chi connectivity index (χ2v) is 6.24. The Morgan fingerprint density at radius 2 is 1.96 bits per heavy atom. The molecule has 4 nitrogen and oxygen atoms in total. The van der Waals surface area contributed by atoms with Gasteiger partial charge >= 0.3 is 0 Å². The molecule has 0 unspecified atom stereocenters. The average Bonchev–Trinajstić information content (AvgIpc) is 3.14. The molecule has 0 bridgehead atoms. The van der Waals surface area contributed by atoms with Crippen molar-refractivity contribution in [2.45, 2.75) is 13.2 Å². The maximum atomic E-state index is 12.4. The zero-order valence-electron chi connectivity index (χ0n) is 12.9. The third-order valence-corrected chi connectivity index (χ3v) is 4.27. The molecule has 3 rings (SSSR count). The van der Waals surface area contributed by atoms with Gasteiger partial charge in [-0.3, -0.25) is 4.79 Å². The second kappa shape index (κ2) is 7.77. The lowest BCUT2D eigenvalue weighted by atomic mass is 10.1. The predicted molar refractivity (Wildman–Crippen MR) is 95.4 cm³/mol. The van der Waals surface area contributed by atoms with Crippen molar-refractivity contribution in [3.63, 3.8) is 0 Å².